The Kier molecular flexibility index (Phi) is 3.52. The molecule has 0 radical (unpaired) electrons. The Balaban J connectivity index is 1.82. The first-order valence-corrected chi connectivity index (χ1v) is 7.63. The van der Waals surface area contributed by atoms with Gasteiger partial charge in [-0.1, -0.05) is 19.8 Å². The number of nitrogens with two attached hydrogens (primary N) is 1. The smallest absolute Gasteiger partial charge is 0.161 e. The number of nitrogens with zero attached hydrogens (tertiary/aromatic N) is 2. The fourth-order valence-electron chi connectivity index (χ4n) is 4.02. The van der Waals surface area contributed by atoms with Gasteiger partial charge in [0.15, 0.2) is 5.75 Å². The first-order chi connectivity index (χ1) is 9.27. The predicted molar refractivity (Wildman–Crippen MR) is 74.9 cm³/mol. The van der Waals surface area contributed by atoms with E-state index in [-0.39, 0.29) is 6.04 Å². The summed E-state index contributed by atoms with van der Waals surface area (Å²) in [6, 6.07) is 0.0945. The maximum Gasteiger partial charge on any atom is 0.161 e. The van der Waals surface area contributed by atoms with Gasteiger partial charge in [0.1, 0.15) is 0 Å². The first kappa shape index (κ1) is 13.0. The number of ether oxygens (including phenoxy) is 1. The molecule has 1 aromatic rings. The van der Waals surface area contributed by atoms with E-state index in [2.05, 4.69) is 12.0 Å². The molecule has 4 nitrogen and oxygen atoms in total. The van der Waals surface area contributed by atoms with Gasteiger partial charge in [-0.15, -0.1) is 0 Å². The standard InChI is InChI=1S/C15H25N3O/c1-3-8-18-15(12(19-2)9-17-18)14(16)13-10-6-4-5-7-11(10)13/h9-11,13-14H,3-8,16H2,1-2H3. The molecule has 2 N–H and O–H groups in total. The molecule has 106 valence electrons. The average molecular weight is 263 g/mol. The molecule has 1 heterocycles. The third-order valence-corrected chi connectivity index (χ3v) is 4.95. The number of aromatic nitrogens is 2. The lowest BCUT2D eigenvalue weighted by Gasteiger charge is -2.16. The van der Waals surface area contributed by atoms with E-state index >= 15 is 0 Å². The zero-order valence-corrected chi connectivity index (χ0v) is 12.0. The monoisotopic (exact) mass is 263 g/mol. The van der Waals surface area contributed by atoms with Crippen LogP contribution in [0.1, 0.15) is 50.8 Å². The van der Waals surface area contributed by atoms with Crippen molar-refractivity contribution in [3.63, 3.8) is 0 Å². The number of rotatable bonds is 5. The Hall–Kier alpha value is -1.03. The Bertz CT molecular complexity index is 431. The quantitative estimate of drug-likeness (QED) is 0.888. The Morgan fingerprint density at radius 2 is 2.11 bits per heavy atom. The largest absolute Gasteiger partial charge is 0.493 e. The molecule has 2 saturated carbocycles. The van der Waals surface area contributed by atoms with Gasteiger partial charge in [0.05, 0.1) is 25.0 Å². The molecule has 2 fully saturated rings. The van der Waals surface area contributed by atoms with Crippen LogP contribution >= 0.6 is 0 Å². The molecule has 3 rings (SSSR count). The summed E-state index contributed by atoms with van der Waals surface area (Å²) in [7, 11) is 1.71. The van der Waals surface area contributed by atoms with E-state index in [1.54, 1.807) is 7.11 Å². The fraction of sp³-hybridized carbons (Fsp3) is 0.800. The highest BCUT2D eigenvalue weighted by molar-refractivity contribution is 5.30. The van der Waals surface area contributed by atoms with E-state index < -0.39 is 0 Å². The molecule has 19 heavy (non-hydrogen) atoms. The van der Waals surface area contributed by atoms with E-state index in [4.69, 9.17) is 10.5 Å². The number of hydrogen-bond acceptors (Lipinski definition) is 3. The van der Waals surface area contributed by atoms with Gasteiger partial charge < -0.3 is 10.5 Å². The van der Waals surface area contributed by atoms with Crippen molar-refractivity contribution in [2.45, 2.75) is 51.6 Å². The third-order valence-electron chi connectivity index (χ3n) is 4.95. The van der Waals surface area contributed by atoms with Crippen LogP contribution in [0.2, 0.25) is 0 Å². The van der Waals surface area contributed by atoms with Crippen molar-refractivity contribution in [2.75, 3.05) is 7.11 Å². The van der Waals surface area contributed by atoms with Crippen LogP contribution in [0, 0.1) is 17.8 Å². The van der Waals surface area contributed by atoms with E-state index in [1.807, 2.05) is 10.9 Å². The lowest BCUT2D eigenvalue weighted by Crippen LogP contribution is -2.20. The molecule has 0 spiro atoms. The topological polar surface area (TPSA) is 53.1 Å². The maximum absolute atomic E-state index is 6.57. The molecule has 0 aromatic carbocycles. The van der Waals surface area contributed by atoms with Gasteiger partial charge in [0.25, 0.3) is 0 Å². The van der Waals surface area contributed by atoms with Crippen molar-refractivity contribution >= 4 is 0 Å². The second-order valence-corrected chi connectivity index (χ2v) is 6.04. The lowest BCUT2D eigenvalue weighted by molar-refractivity contribution is 0.392. The van der Waals surface area contributed by atoms with Crippen LogP contribution in [0.5, 0.6) is 5.75 Å². The summed E-state index contributed by atoms with van der Waals surface area (Å²) >= 11 is 0. The van der Waals surface area contributed by atoms with Crippen molar-refractivity contribution < 1.29 is 4.74 Å². The van der Waals surface area contributed by atoms with Crippen molar-refractivity contribution in [2.24, 2.45) is 23.5 Å². The molecule has 2 aliphatic carbocycles. The van der Waals surface area contributed by atoms with Crippen LogP contribution < -0.4 is 10.5 Å². The molecule has 0 aliphatic heterocycles. The molecule has 0 saturated heterocycles. The molecule has 3 atom stereocenters. The SMILES string of the molecule is CCCn1ncc(OC)c1C(N)C1C2CCCCC21. The van der Waals surface area contributed by atoms with Crippen molar-refractivity contribution in [1.82, 2.24) is 9.78 Å². The molecule has 4 heteroatoms. The lowest BCUT2D eigenvalue weighted by atomic mass is 10.0. The Labute approximate surface area is 115 Å². The van der Waals surface area contributed by atoms with Crippen molar-refractivity contribution in [3.05, 3.63) is 11.9 Å². The summed E-state index contributed by atoms with van der Waals surface area (Å²) in [6.45, 7) is 3.09. The molecule has 2 aliphatic rings. The summed E-state index contributed by atoms with van der Waals surface area (Å²) in [5, 5.41) is 4.44. The van der Waals surface area contributed by atoms with Gasteiger partial charge in [0.2, 0.25) is 0 Å². The number of fused-ring (bicyclic) bond motifs is 1. The van der Waals surface area contributed by atoms with E-state index in [0.717, 1.165) is 36.2 Å². The van der Waals surface area contributed by atoms with Crippen molar-refractivity contribution in [1.29, 1.82) is 0 Å². The average Bonchev–Trinajstić information content (AvgIpc) is 3.03. The minimum absolute atomic E-state index is 0.0945. The number of methoxy groups -OCH3 is 1. The van der Waals surface area contributed by atoms with E-state index in [1.165, 1.54) is 25.7 Å². The summed E-state index contributed by atoms with van der Waals surface area (Å²) in [5.74, 6) is 3.24. The normalized spacial score (nSPS) is 30.8. The summed E-state index contributed by atoms with van der Waals surface area (Å²) in [6.07, 6.45) is 8.39. The molecular weight excluding hydrogens is 238 g/mol. The second kappa shape index (κ2) is 5.16. The Morgan fingerprint density at radius 3 is 2.68 bits per heavy atom. The second-order valence-electron chi connectivity index (χ2n) is 6.04. The fourth-order valence-corrected chi connectivity index (χ4v) is 4.02. The third kappa shape index (κ3) is 2.16. The summed E-state index contributed by atoms with van der Waals surface area (Å²) in [5.41, 5.74) is 7.69. The summed E-state index contributed by atoms with van der Waals surface area (Å²) < 4.78 is 7.51. The first-order valence-electron chi connectivity index (χ1n) is 7.63. The van der Waals surface area contributed by atoms with Crippen LogP contribution in [-0.4, -0.2) is 16.9 Å². The van der Waals surface area contributed by atoms with Gasteiger partial charge in [-0.05, 0) is 37.0 Å². The molecule has 0 amide bonds. The highest BCUT2D eigenvalue weighted by Crippen LogP contribution is 2.60. The zero-order chi connectivity index (χ0) is 13.4. The number of hydrogen-bond donors (Lipinski definition) is 1. The minimum Gasteiger partial charge on any atom is -0.493 e. The van der Waals surface area contributed by atoms with Crippen molar-refractivity contribution in [3.8, 4) is 5.75 Å². The van der Waals surface area contributed by atoms with Gasteiger partial charge in [0, 0.05) is 6.54 Å². The van der Waals surface area contributed by atoms with E-state index in [0.29, 0.717) is 5.92 Å². The minimum atomic E-state index is 0.0945. The zero-order valence-electron chi connectivity index (χ0n) is 12.0. The number of aryl methyl sites for hydroxylation is 1. The van der Waals surface area contributed by atoms with Crippen LogP contribution in [-0.2, 0) is 6.54 Å². The maximum atomic E-state index is 6.57. The molecular formula is C15H25N3O. The van der Waals surface area contributed by atoms with Crippen LogP contribution in [0.25, 0.3) is 0 Å². The van der Waals surface area contributed by atoms with Crippen LogP contribution in [0.4, 0.5) is 0 Å². The summed E-state index contributed by atoms with van der Waals surface area (Å²) in [4.78, 5) is 0. The molecule has 3 unspecified atom stereocenters. The Morgan fingerprint density at radius 1 is 1.42 bits per heavy atom. The predicted octanol–water partition coefficient (Wildman–Crippen LogP) is 2.74. The van der Waals surface area contributed by atoms with E-state index in [9.17, 15) is 0 Å². The van der Waals surface area contributed by atoms with Gasteiger partial charge in [-0.25, -0.2) is 0 Å². The van der Waals surface area contributed by atoms with Gasteiger partial charge in [-0.3, -0.25) is 4.68 Å². The van der Waals surface area contributed by atoms with Crippen LogP contribution in [0.3, 0.4) is 0 Å². The van der Waals surface area contributed by atoms with Gasteiger partial charge >= 0.3 is 0 Å². The van der Waals surface area contributed by atoms with Crippen LogP contribution in [0.15, 0.2) is 6.20 Å². The molecule has 0 bridgehead atoms. The van der Waals surface area contributed by atoms with Gasteiger partial charge in [-0.2, -0.15) is 5.10 Å². The highest BCUT2D eigenvalue weighted by Gasteiger charge is 2.54. The highest BCUT2D eigenvalue weighted by atomic mass is 16.5. The molecule has 1 aromatic heterocycles.